The lowest BCUT2D eigenvalue weighted by Gasteiger charge is -2.31. The number of hydrogen-bond donors (Lipinski definition) is 1. The van der Waals surface area contributed by atoms with E-state index in [-0.39, 0.29) is 5.56 Å². The summed E-state index contributed by atoms with van der Waals surface area (Å²) in [5, 5.41) is 9.06. The second-order valence-electron chi connectivity index (χ2n) is 5.50. The van der Waals surface area contributed by atoms with E-state index in [1.165, 1.54) is 31.5 Å². The van der Waals surface area contributed by atoms with Crippen LogP contribution in [-0.2, 0) is 0 Å². The van der Waals surface area contributed by atoms with Crippen LogP contribution >= 0.6 is 0 Å². The van der Waals surface area contributed by atoms with E-state index in [4.69, 9.17) is 5.11 Å². The first kappa shape index (κ1) is 13.8. The molecule has 2 atom stereocenters. The number of nitrogens with zero attached hydrogens (tertiary/aromatic N) is 1. The Balaban J connectivity index is 2.36. The third-order valence-corrected chi connectivity index (χ3v) is 4.24. The number of carbonyl (C=O) groups is 1. The molecule has 1 aromatic rings. The van der Waals surface area contributed by atoms with Crippen molar-refractivity contribution in [3.63, 3.8) is 0 Å². The summed E-state index contributed by atoms with van der Waals surface area (Å²) in [4.78, 5) is 22.7. The number of pyridine rings is 1. The molecule has 0 amide bonds. The van der Waals surface area contributed by atoms with Gasteiger partial charge in [-0.15, -0.1) is 0 Å². The molecule has 1 aliphatic carbocycles. The molecule has 1 N–H and O–H groups in total. The fraction of sp³-hybridized carbons (Fsp3) is 0.600. The summed E-state index contributed by atoms with van der Waals surface area (Å²) >= 11 is 0. The number of hydrogen-bond acceptors (Lipinski definition) is 2. The maximum absolute atomic E-state index is 11.6. The Bertz CT molecular complexity index is 533. The third-order valence-electron chi connectivity index (χ3n) is 4.24. The molecule has 0 aliphatic heterocycles. The summed E-state index contributed by atoms with van der Waals surface area (Å²) in [5.74, 6) is -0.424. The quantitative estimate of drug-likeness (QED) is 0.912. The van der Waals surface area contributed by atoms with Crippen molar-refractivity contribution in [2.45, 2.75) is 52.0 Å². The van der Waals surface area contributed by atoms with Gasteiger partial charge < -0.3 is 9.67 Å². The Morgan fingerprint density at radius 2 is 2.21 bits per heavy atom. The Morgan fingerprint density at radius 3 is 2.84 bits per heavy atom. The van der Waals surface area contributed by atoms with Gasteiger partial charge in [0, 0.05) is 24.0 Å². The molecular weight excluding hydrogens is 242 g/mol. The van der Waals surface area contributed by atoms with E-state index in [1.54, 1.807) is 0 Å². The molecular formula is C15H21NO3. The van der Waals surface area contributed by atoms with Gasteiger partial charge in [0.2, 0.25) is 0 Å². The van der Waals surface area contributed by atoms with Crippen LogP contribution in [0.2, 0.25) is 0 Å². The minimum Gasteiger partial charge on any atom is -0.477 e. The van der Waals surface area contributed by atoms with Crippen LogP contribution < -0.4 is 5.43 Å². The molecule has 0 aromatic carbocycles. The molecule has 104 valence electrons. The van der Waals surface area contributed by atoms with Gasteiger partial charge in [-0.05, 0) is 25.7 Å². The Hall–Kier alpha value is -1.58. The zero-order valence-electron chi connectivity index (χ0n) is 11.6. The zero-order chi connectivity index (χ0) is 14.0. The molecule has 0 saturated heterocycles. The van der Waals surface area contributed by atoms with E-state index < -0.39 is 11.4 Å². The van der Waals surface area contributed by atoms with Crippen molar-refractivity contribution >= 4 is 5.97 Å². The molecule has 4 heteroatoms. The first-order valence-electron chi connectivity index (χ1n) is 6.99. The highest BCUT2D eigenvalue weighted by molar-refractivity contribution is 5.87. The lowest BCUT2D eigenvalue weighted by molar-refractivity contribution is 0.0694. The monoisotopic (exact) mass is 263 g/mol. The van der Waals surface area contributed by atoms with E-state index in [0.717, 1.165) is 18.5 Å². The summed E-state index contributed by atoms with van der Waals surface area (Å²) in [6.07, 6.45) is 7.29. The smallest absolute Gasteiger partial charge is 0.341 e. The summed E-state index contributed by atoms with van der Waals surface area (Å²) in [7, 11) is 0. The Morgan fingerprint density at radius 1 is 1.47 bits per heavy atom. The van der Waals surface area contributed by atoms with Crippen molar-refractivity contribution in [2.24, 2.45) is 5.92 Å². The highest BCUT2D eigenvalue weighted by Crippen LogP contribution is 2.34. The highest BCUT2D eigenvalue weighted by atomic mass is 16.4. The van der Waals surface area contributed by atoms with Crippen molar-refractivity contribution in [2.75, 3.05) is 0 Å². The van der Waals surface area contributed by atoms with Crippen LogP contribution in [0.5, 0.6) is 0 Å². The van der Waals surface area contributed by atoms with Gasteiger partial charge >= 0.3 is 5.97 Å². The molecule has 1 fully saturated rings. The van der Waals surface area contributed by atoms with Crippen molar-refractivity contribution in [1.82, 2.24) is 4.57 Å². The van der Waals surface area contributed by atoms with Gasteiger partial charge in [0.05, 0.1) is 0 Å². The average molecular weight is 263 g/mol. The van der Waals surface area contributed by atoms with Gasteiger partial charge in [0.1, 0.15) is 5.56 Å². The largest absolute Gasteiger partial charge is 0.477 e. The van der Waals surface area contributed by atoms with Crippen LogP contribution in [0.1, 0.15) is 61.1 Å². The fourth-order valence-corrected chi connectivity index (χ4v) is 3.09. The maximum atomic E-state index is 11.6. The first-order valence-corrected chi connectivity index (χ1v) is 6.99. The summed E-state index contributed by atoms with van der Waals surface area (Å²) in [6.45, 7) is 4.08. The van der Waals surface area contributed by atoms with E-state index in [9.17, 15) is 9.59 Å². The predicted octanol–water partition coefficient (Wildman–Crippen LogP) is 3.00. The van der Waals surface area contributed by atoms with Gasteiger partial charge in [-0.2, -0.15) is 0 Å². The van der Waals surface area contributed by atoms with Gasteiger partial charge in [0.15, 0.2) is 5.43 Å². The maximum Gasteiger partial charge on any atom is 0.341 e. The predicted molar refractivity (Wildman–Crippen MR) is 73.7 cm³/mol. The minimum absolute atomic E-state index is 0.121. The average Bonchev–Trinajstić information content (AvgIpc) is 2.38. The fourth-order valence-electron chi connectivity index (χ4n) is 3.09. The standard InChI is InChI=1S/C15H21NO3/c1-3-11-5-4-6-12(8-11)16-9-13(15(18)19)14(17)7-10(16)2/h7,9,11-12H,3-6,8H2,1-2H3,(H,18,19). The summed E-state index contributed by atoms with van der Waals surface area (Å²) < 4.78 is 1.99. The normalized spacial score (nSPS) is 23.3. The Labute approximate surface area is 113 Å². The van der Waals surface area contributed by atoms with E-state index in [1.807, 2.05) is 11.5 Å². The van der Waals surface area contributed by atoms with Gasteiger partial charge in [-0.1, -0.05) is 26.2 Å². The number of aromatic nitrogens is 1. The van der Waals surface area contributed by atoms with Gasteiger partial charge in [0.25, 0.3) is 0 Å². The molecule has 1 heterocycles. The van der Waals surface area contributed by atoms with Crippen LogP contribution in [0.4, 0.5) is 0 Å². The van der Waals surface area contributed by atoms with E-state index in [0.29, 0.717) is 12.0 Å². The van der Waals surface area contributed by atoms with Crippen molar-refractivity contribution < 1.29 is 9.90 Å². The lowest BCUT2D eigenvalue weighted by Crippen LogP contribution is -2.25. The third kappa shape index (κ3) is 2.88. The van der Waals surface area contributed by atoms with Crippen LogP contribution in [0, 0.1) is 12.8 Å². The summed E-state index contributed by atoms with van der Waals surface area (Å²) in [5.41, 5.74) is 0.338. The molecule has 1 aliphatic rings. The molecule has 0 radical (unpaired) electrons. The molecule has 19 heavy (non-hydrogen) atoms. The number of rotatable bonds is 3. The number of aryl methyl sites for hydroxylation is 1. The second kappa shape index (κ2) is 5.59. The minimum atomic E-state index is -1.14. The van der Waals surface area contributed by atoms with E-state index in [2.05, 4.69) is 6.92 Å². The SMILES string of the molecule is CCC1CCCC(n2cc(C(=O)O)c(=O)cc2C)C1. The molecule has 1 aromatic heterocycles. The first-order chi connectivity index (χ1) is 9.02. The molecule has 1 saturated carbocycles. The molecule has 2 unspecified atom stereocenters. The van der Waals surface area contributed by atoms with E-state index >= 15 is 0 Å². The van der Waals surface area contributed by atoms with Gasteiger partial charge in [-0.3, -0.25) is 4.79 Å². The van der Waals surface area contributed by atoms with Crippen LogP contribution in [-0.4, -0.2) is 15.6 Å². The number of carboxylic acids is 1. The van der Waals surface area contributed by atoms with Crippen molar-refractivity contribution in [3.05, 3.63) is 33.7 Å². The molecule has 0 bridgehead atoms. The lowest BCUT2D eigenvalue weighted by atomic mass is 9.84. The molecule has 4 nitrogen and oxygen atoms in total. The van der Waals surface area contributed by atoms with Crippen LogP contribution in [0.15, 0.2) is 17.1 Å². The highest BCUT2D eigenvalue weighted by Gasteiger charge is 2.23. The second-order valence-corrected chi connectivity index (χ2v) is 5.50. The summed E-state index contributed by atoms with van der Waals surface area (Å²) in [6, 6.07) is 1.77. The van der Waals surface area contributed by atoms with Crippen LogP contribution in [0.3, 0.4) is 0 Å². The van der Waals surface area contributed by atoms with Crippen LogP contribution in [0.25, 0.3) is 0 Å². The number of aromatic carboxylic acids is 1. The van der Waals surface area contributed by atoms with Gasteiger partial charge in [-0.25, -0.2) is 4.79 Å². The zero-order valence-corrected chi connectivity index (χ0v) is 11.6. The van der Waals surface area contributed by atoms with Crippen molar-refractivity contribution in [1.29, 1.82) is 0 Å². The topological polar surface area (TPSA) is 59.3 Å². The number of carboxylic acid groups (broad SMARTS) is 1. The molecule has 0 spiro atoms. The Kier molecular flexibility index (Phi) is 4.08. The van der Waals surface area contributed by atoms with Crippen molar-refractivity contribution in [3.8, 4) is 0 Å². The molecule has 2 rings (SSSR count).